The van der Waals surface area contributed by atoms with Gasteiger partial charge in [-0.15, -0.1) is 10.2 Å². The number of nitrogens with zero attached hydrogens (tertiary/aromatic N) is 4. The Balaban J connectivity index is 1.35. The summed E-state index contributed by atoms with van der Waals surface area (Å²) in [6, 6.07) is 11.9. The molecule has 0 radical (unpaired) electrons. The van der Waals surface area contributed by atoms with Crippen molar-refractivity contribution in [2.45, 2.75) is 17.5 Å². The van der Waals surface area contributed by atoms with Gasteiger partial charge in [-0.2, -0.15) is 0 Å². The fourth-order valence-electron chi connectivity index (χ4n) is 2.42. The minimum atomic E-state index is -0.304. The molecule has 1 amide bonds. The molecule has 0 fully saturated rings. The van der Waals surface area contributed by atoms with E-state index < -0.39 is 0 Å². The second-order valence-corrected chi connectivity index (χ2v) is 7.64. The van der Waals surface area contributed by atoms with Crippen LogP contribution in [0.15, 0.2) is 60.0 Å². The van der Waals surface area contributed by atoms with E-state index >= 15 is 0 Å². The van der Waals surface area contributed by atoms with Crippen molar-refractivity contribution in [3.05, 3.63) is 76.3 Å². The van der Waals surface area contributed by atoms with Crippen molar-refractivity contribution >= 4 is 34.5 Å². The molecule has 0 saturated carbocycles. The van der Waals surface area contributed by atoms with Crippen LogP contribution >= 0.6 is 23.1 Å². The molecule has 0 bridgehead atoms. The quantitative estimate of drug-likeness (QED) is 0.502. The van der Waals surface area contributed by atoms with E-state index in [1.165, 1.54) is 35.2 Å². The molecule has 27 heavy (non-hydrogen) atoms. The first-order valence-electron chi connectivity index (χ1n) is 8.09. The van der Waals surface area contributed by atoms with Crippen LogP contribution in [0.25, 0.3) is 5.52 Å². The largest absolute Gasteiger partial charge is 0.346 e. The molecular weight excluding hydrogens is 385 g/mol. The molecule has 0 unspecified atom stereocenters. The van der Waals surface area contributed by atoms with E-state index in [-0.39, 0.29) is 11.7 Å². The number of rotatable bonds is 6. The van der Waals surface area contributed by atoms with E-state index in [2.05, 4.69) is 20.5 Å². The molecule has 1 aromatic carbocycles. The number of fused-ring (bicyclic) bond motifs is 1. The number of pyridine rings is 1. The molecule has 1 N–H and O–H groups in total. The topological polar surface area (TPSA) is 72.2 Å². The van der Waals surface area contributed by atoms with Gasteiger partial charge in [0.05, 0.1) is 17.5 Å². The van der Waals surface area contributed by atoms with Gasteiger partial charge >= 0.3 is 0 Å². The average Bonchev–Trinajstić information content (AvgIpc) is 3.33. The van der Waals surface area contributed by atoms with Crippen molar-refractivity contribution < 1.29 is 9.18 Å². The second kappa shape index (κ2) is 7.85. The van der Waals surface area contributed by atoms with Crippen molar-refractivity contribution in [1.29, 1.82) is 0 Å². The predicted octanol–water partition coefficient (Wildman–Crippen LogP) is 3.55. The minimum Gasteiger partial charge on any atom is -0.346 e. The van der Waals surface area contributed by atoms with Crippen molar-refractivity contribution in [3.8, 4) is 0 Å². The van der Waals surface area contributed by atoms with Gasteiger partial charge in [0.2, 0.25) is 5.01 Å². The first kappa shape index (κ1) is 17.6. The Morgan fingerprint density at radius 2 is 2.04 bits per heavy atom. The van der Waals surface area contributed by atoms with E-state index in [1.807, 2.05) is 35.0 Å². The van der Waals surface area contributed by atoms with Gasteiger partial charge in [-0.1, -0.05) is 41.3 Å². The zero-order chi connectivity index (χ0) is 18.6. The summed E-state index contributed by atoms with van der Waals surface area (Å²) in [4.78, 5) is 16.6. The van der Waals surface area contributed by atoms with Gasteiger partial charge in [-0.05, 0) is 29.8 Å². The maximum absolute atomic E-state index is 12.9. The zero-order valence-electron chi connectivity index (χ0n) is 14.0. The molecule has 9 heteroatoms. The Labute approximate surface area is 162 Å². The van der Waals surface area contributed by atoms with Crippen molar-refractivity contribution in [1.82, 2.24) is 24.9 Å². The fraction of sp³-hybridized carbons (Fsp3) is 0.111. The van der Waals surface area contributed by atoms with E-state index in [9.17, 15) is 9.18 Å². The molecule has 0 atom stereocenters. The summed E-state index contributed by atoms with van der Waals surface area (Å²) >= 11 is 2.79. The fourth-order valence-corrected chi connectivity index (χ4v) is 4.12. The molecule has 4 aromatic rings. The van der Waals surface area contributed by atoms with E-state index in [0.29, 0.717) is 17.3 Å². The highest BCUT2D eigenvalue weighted by molar-refractivity contribution is 7.98. The molecule has 136 valence electrons. The summed E-state index contributed by atoms with van der Waals surface area (Å²) < 4.78 is 14.9. The highest BCUT2D eigenvalue weighted by atomic mass is 32.2. The zero-order valence-corrected chi connectivity index (χ0v) is 15.6. The number of carbonyl (C=O) groups excluding carboxylic acids is 1. The van der Waals surface area contributed by atoms with Crippen molar-refractivity contribution in [3.63, 3.8) is 0 Å². The van der Waals surface area contributed by atoms with Gasteiger partial charge in [0.1, 0.15) is 10.8 Å². The maximum Gasteiger partial charge on any atom is 0.282 e. The maximum atomic E-state index is 12.9. The van der Waals surface area contributed by atoms with E-state index in [1.54, 1.807) is 12.1 Å². The number of benzene rings is 1. The lowest BCUT2D eigenvalue weighted by Crippen LogP contribution is -2.22. The number of halogens is 1. The summed E-state index contributed by atoms with van der Waals surface area (Å²) in [5.74, 6) is -0.0161. The molecule has 3 aromatic heterocycles. The van der Waals surface area contributed by atoms with Gasteiger partial charge in [0.15, 0.2) is 5.16 Å². The number of carbonyl (C=O) groups is 1. The highest BCUT2D eigenvalue weighted by Crippen LogP contribution is 2.24. The molecule has 4 rings (SSSR count). The smallest absolute Gasteiger partial charge is 0.282 e. The van der Waals surface area contributed by atoms with Crippen LogP contribution in [0.4, 0.5) is 4.39 Å². The molecule has 0 aliphatic rings. The first-order chi connectivity index (χ1) is 13.2. The van der Waals surface area contributed by atoms with Crippen LogP contribution in [0.2, 0.25) is 0 Å². The van der Waals surface area contributed by atoms with Crippen LogP contribution < -0.4 is 5.32 Å². The third-order valence-electron chi connectivity index (χ3n) is 3.76. The van der Waals surface area contributed by atoms with Crippen molar-refractivity contribution in [2.75, 3.05) is 0 Å². The Hall–Kier alpha value is -2.78. The summed E-state index contributed by atoms with van der Waals surface area (Å²) in [6.45, 7) is 0.308. The Morgan fingerprint density at radius 1 is 1.19 bits per heavy atom. The van der Waals surface area contributed by atoms with Crippen LogP contribution in [0.3, 0.4) is 0 Å². The predicted molar refractivity (Wildman–Crippen MR) is 102 cm³/mol. The van der Waals surface area contributed by atoms with Gasteiger partial charge < -0.3 is 5.32 Å². The van der Waals surface area contributed by atoms with E-state index in [4.69, 9.17) is 0 Å². The minimum absolute atomic E-state index is 0.292. The van der Waals surface area contributed by atoms with Crippen LogP contribution in [-0.2, 0) is 12.3 Å². The monoisotopic (exact) mass is 399 g/mol. The lowest BCUT2D eigenvalue weighted by molar-refractivity contribution is 0.0950. The second-order valence-electron chi connectivity index (χ2n) is 5.64. The molecule has 6 nitrogen and oxygen atoms in total. The number of aromatic nitrogens is 4. The van der Waals surface area contributed by atoms with Crippen LogP contribution in [0.5, 0.6) is 0 Å². The summed E-state index contributed by atoms with van der Waals surface area (Å²) in [5, 5.41) is 12.7. The Bertz CT molecular complexity index is 1080. The summed E-state index contributed by atoms with van der Waals surface area (Å²) in [7, 11) is 0. The normalized spacial score (nSPS) is 11.0. The number of thioether (sulfide) groups is 1. The van der Waals surface area contributed by atoms with Crippen LogP contribution in [0, 0.1) is 5.82 Å². The SMILES string of the molecule is O=C(NCc1ccc(F)cc1)c1nnc(CSc2ncc3ccccn23)s1. The number of nitrogens with one attached hydrogen (secondary N) is 1. The van der Waals surface area contributed by atoms with Crippen LogP contribution in [-0.4, -0.2) is 25.5 Å². The first-order valence-corrected chi connectivity index (χ1v) is 9.89. The summed E-state index contributed by atoms with van der Waals surface area (Å²) in [6.07, 6.45) is 3.77. The number of hydrogen-bond donors (Lipinski definition) is 1. The number of hydrogen-bond acceptors (Lipinski definition) is 6. The molecule has 3 heterocycles. The lowest BCUT2D eigenvalue weighted by atomic mass is 10.2. The molecule has 0 spiro atoms. The Morgan fingerprint density at radius 3 is 2.89 bits per heavy atom. The van der Waals surface area contributed by atoms with Crippen molar-refractivity contribution in [2.24, 2.45) is 0 Å². The van der Waals surface area contributed by atoms with Gasteiger partial charge in [0.25, 0.3) is 5.91 Å². The molecular formula is C18H14FN5OS2. The summed E-state index contributed by atoms with van der Waals surface area (Å²) in [5.41, 5.74) is 1.84. The highest BCUT2D eigenvalue weighted by Gasteiger charge is 2.13. The average molecular weight is 399 g/mol. The molecule has 0 aliphatic carbocycles. The molecule has 0 aliphatic heterocycles. The van der Waals surface area contributed by atoms with Gasteiger partial charge in [0, 0.05) is 12.7 Å². The number of amides is 1. The third kappa shape index (κ3) is 4.15. The van der Waals surface area contributed by atoms with Crippen LogP contribution in [0.1, 0.15) is 20.4 Å². The number of imidazole rings is 1. The van der Waals surface area contributed by atoms with Gasteiger partial charge in [-0.3, -0.25) is 9.20 Å². The lowest BCUT2D eigenvalue weighted by Gasteiger charge is -2.02. The van der Waals surface area contributed by atoms with E-state index in [0.717, 1.165) is 21.2 Å². The Kier molecular flexibility index (Phi) is 5.12. The standard InChI is InChI=1S/C18H14FN5OS2/c19-13-6-4-12(5-7-13)9-20-16(25)17-23-22-15(27-17)11-26-18-21-10-14-3-1-2-8-24(14)18/h1-8,10H,9,11H2,(H,20,25). The molecule has 0 saturated heterocycles. The van der Waals surface area contributed by atoms with Gasteiger partial charge in [-0.25, -0.2) is 9.37 Å². The third-order valence-corrected chi connectivity index (χ3v) is 5.84.